The molecule has 1 aromatic heterocycles. The lowest BCUT2D eigenvalue weighted by molar-refractivity contribution is 0.228. The Morgan fingerprint density at radius 1 is 1.29 bits per heavy atom. The van der Waals surface area contributed by atoms with Gasteiger partial charge in [-0.25, -0.2) is 0 Å². The summed E-state index contributed by atoms with van der Waals surface area (Å²) in [6.45, 7) is 7.57. The predicted molar refractivity (Wildman–Crippen MR) is 77.5 cm³/mol. The third-order valence-electron chi connectivity index (χ3n) is 4.02. The highest BCUT2D eigenvalue weighted by atomic mass is 32.1. The zero-order valence-corrected chi connectivity index (χ0v) is 11.7. The Bertz CT molecular complexity index is 500. The molecule has 0 aliphatic rings. The molecule has 0 aliphatic heterocycles. The van der Waals surface area contributed by atoms with Crippen LogP contribution in [0.2, 0.25) is 0 Å². The van der Waals surface area contributed by atoms with Gasteiger partial charge in [-0.3, -0.25) is 0 Å². The van der Waals surface area contributed by atoms with Crippen molar-refractivity contribution in [1.29, 1.82) is 0 Å². The van der Waals surface area contributed by atoms with E-state index in [4.69, 9.17) is 5.73 Å². The lowest BCUT2D eigenvalue weighted by Crippen LogP contribution is -2.34. The number of thiophene rings is 1. The largest absolute Gasteiger partial charge is 0.330 e. The summed E-state index contributed by atoms with van der Waals surface area (Å²) in [5.74, 6) is 0.603. The van der Waals surface area contributed by atoms with Crippen molar-refractivity contribution < 1.29 is 0 Å². The van der Waals surface area contributed by atoms with Crippen molar-refractivity contribution in [2.75, 3.05) is 6.54 Å². The van der Waals surface area contributed by atoms with Crippen molar-refractivity contribution in [3.8, 4) is 0 Å². The molecule has 0 spiro atoms. The van der Waals surface area contributed by atoms with Crippen molar-refractivity contribution >= 4 is 21.4 Å². The van der Waals surface area contributed by atoms with Crippen LogP contribution in [-0.2, 0) is 6.42 Å². The molecular formula is C15H21NS. The maximum atomic E-state index is 5.97. The van der Waals surface area contributed by atoms with Gasteiger partial charge >= 0.3 is 0 Å². The second-order valence-corrected chi connectivity index (χ2v) is 6.36. The summed E-state index contributed by atoms with van der Waals surface area (Å²) >= 11 is 1.84. The Hall–Kier alpha value is -0.860. The van der Waals surface area contributed by atoms with Crippen LogP contribution in [-0.4, -0.2) is 6.54 Å². The number of hydrogen-bond acceptors (Lipinski definition) is 2. The monoisotopic (exact) mass is 247 g/mol. The fraction of sp³-hybridized carbons (Fsp3) is 0.467. The highest BCUT2D eigenvalue weighted by Crippen LogP contribution is 2.35. The maximum Gasteiger partial charge on any atom is 0.0345 e. The Labute approximate surface area is 108 Å². The Morgan fingerprint density at radius 2 is 2.00 bits per heavy atom. The van der Waals surface area contributed by atoms with Gasteiger partial charge in [-0.05, 0) is 46.7 Å². The molecule has 2 heteroatoms. The first-order valence-electron chi connectivity index (χ1n) is 6.22. The van der Waals surface area contributed by atoms with E-state index in [1.54, 1.807) is 0 Å². The molecule has 0 radical (unpaired) electrons. The minimum Gasteiger partial charge on any atom is -0.330 e. The van der Waals surface area contributed by atoms with Crippen LogP contribution < -0.4 is 5.73 Å². The molecule has 0 aliphatic carbocycles. The van der Waals surface area contributed by atoms with Crippen LogP contribution >= 0.6 is 11.3 Å². The zero-order valence-electron chi connectivity index (χ0n) is 10.9. The van der Waals surface area contributed by atoms with E-state index in [2.05, 4.69) is 50.4 Å². The third kappa shape index (κ3) is 2.38. The normalized spacial score (nSPS) is 15.4. The van der Waals surface area contributed by atoms with Crippen molar-refractivity contribution in [1.82, 2.24) is 0 Å². The molecule has 0 bridgehead atoms. The average molecular weight is 247 g/mol. The fourth-order valence-electron chi connectivity index (χ4n) is 2.12. The Morgan fingerprint density at radius 3 is 2.65 bits per heavy atom. The molecule has 2 rings (SSSR count). The summed E-state index contributed by atoms with van der Waals surface area (Å²) in [5.41, 5.74) is 7.62. The molecule has 2 N–H and O–H groups in total. The molecule has 0 amide bonds. The van der Waals surface area contributed by atoms with Crippen molar-refractivity contribution in [2.45, 2.75) is 27.2 Å². The van der Waals surface area contributed by atoms with Gasteiger partial charge in [-0.15, -0.1) is 11.3 Å². The smallest absolute Gasteiger partial charge is 0.0345 e. The van der Waals surface area contributed by atoms with E-state index in [0.29, 0.717) is 5.92 Å². The lowest BCUT2D eigenvalue weighted by atomic mass is 9.74. The molecule has 0 fully saturated rings. The van der Waals surface area contributed by atoms with Crippen LogP contribution in [0.25, 0.3) is 10.1 Å². The van der Waals surface area contributed by atoms with Gasteiger partial charge in [0.25, 0.3) is 0 Å². The minimum atomic E-state index is 0.198. The summed E-state index contributed by atoms with van der Waals surface area (Å²) in [4.78, 5) is 0. The first kappa shape index (κ1) is 12.6. The van der Waals surface area contributed by atoms with Gasteiger partial charge in [0.2, 0.25) is 0 Å². The van der Waals surface area contributed by atoms with Crippen molar-refractivity contribution in [3.05, 3.63) is 35.2 Å². The second-order valence-electron chi connectivity index (χ2n) is 5.45. The third-order valence-corrected chi connectivity index (χ3v) is 5.03. The molecule has 0 saturated carbocycles. The van der Waals surface area contributed by atoms with E-state index in [1.807, 2.05) is 11.3 Å². The molecule has 1 heterocycles. The van der Waals surface area contributed by atoms with Crippen LogP contribution in [0.3, 0.4) is 0 Å². The fourth-order valence-corrected chi connectivity index (χ4v) is 3.08. The summed E-state index contributed by atoms with van der Waals surface area (Å²) < 4.78 is 1.38. The number of rotatable bonds is 4. The van der Waals surface area contributed by atoms with Gasteiger partial charge in [0.05, 0.1) is 0 Å². The molecule has 1 atom stereocenters. The van der Waals surface area contributed by atoms with E-state index < -0.39 is 0 Å². The zero-order chi connectivity index (χ0) is 12.5. The average Bonchev–Trinajstić information content (AvgIpc) is 2.72. The predicted octanol–water partition coefficient (Wildman–Crippen LogP) is 4.06. The lowest BCUT2D eigenvalue weighted by Gasteiger charge is -2.32. The molecule has 92 valence electrons. The van der Waals surface area contributed by atoms with Gasteiger partial charge < -0.3 is 5.73 Å². The molecular weight excluding hydrogens is 226 g/mol. The molecule has 1 nitrogen and oxygen atoms in total. The molecule has 2 aromatic rings. The quantitative estimate of drug-likeness (QED) is 0.866. The van der Waals surface area contributed by atoms with Crippen LogP contribution in [0, 0.1) is 11.3 Å². The van der Waals surface area contributed by atoms with Crippen LogP contribution in [0.1, 0.15) is 26.3 Å². The first-order chi connectivity index (χ1) is 8.07. The van der Waals surface area contributed by atoms with Gasteiger partial charge in [0, 0.05) is 4.70 Å². The second kappa shape index (κ2) is 4.79. The summed E-state index contributed by atoms with van der Waals surface area (Å²) in [5, 5.41) is 3.69. The SMILES string of the molecule is CC(C)C(C)(CN)Cc1csc2ccccc12. The number of benzene rings is 1. The van der Waals surface area contributed by atoms with Gasteiger partial charge in [-0.2, -0.15) is 0 Å². The Kier molecular flexibility index (Phi) is 3.55. The standard InChI is InChI=1S/C15H21NS/c1-11(2)15(3,10-16)8-12-9-17-14-7-5-4-6-13(12)14/h4-7,9,11H,8,10,16H2,1-3H3. The van der Waals surface area contributed by atoms with E-state index in [1.165, 1.54) is 15.6 Å². The van der Waals surface area contributed by atoms with E-state index in [9.17, 15) is 0 Å². The van der Waals surface area contributed by atoms with Gasteiger partial charge in [0.1, 0.15) is 0 Å². The molecule has 1 unspecified atom stereocenters. The highest BCUT2D eigenvalue weighted by Gasteiger charge is 2.27. The number of fused-ring (bicyclic) bond motifs is 1. The van der Waals surface area contributed by atoms with Crippen LogP contribution in [0.5, 0.6) is 0 Å². The van der Waals surface area contributed by atoms with Gasteiger partial charge in [0.15, 0.2) is 0 Å². The molecule has 17 heavy (non-hydrogen) atoms. The van der Waals surface area contributed by atoms with E-state index in [-0.39, 0.29) is 5.41 Å². The van der Waals surface area contributed by atoms with Crippen molar-refractivity contribution in [3.63, 3.8) is 0 Å². The number of nitrogens with two attached hydrogens (primary N) is 1. The van der Waals surface area contributed by atoms with Crippen LogP contribution in [0.15, 0.2) is 29.6 Å². The molecule has 1 aromatic carbocycles. The first-order valence-corrected chi connectivity index (χ1v) is 7.10. The summed E-state index contributed by atoms with van der Waals surface area (Å²) in [6.07, 6.45) is 1.07. The van der Waals surface area contributed by atoms with Crippen LogP contribution in [0.4, 0.5) is 0 Å². The maximum absolute atomic E-state index is 5.97. The minimum absolute atomic E-state index is 0.198. The number of hydrogen-bond donors (Lipinski definition) is 1. The summed E-state index contributed by atoms with van der Waals surface area (Å²) in [6, 6.07) is 8.64. The van der Waals surface area contributed by atoms with E-state index in [0.717, 1.165) is 13.0 Å². The Balaban J connectivity index is 2.35. The molecule has 0 saturated heterocycles. The summed E-state index contributed by atoms with van der Waals surface area (Å²) in [7, 11) is 0. The van der Waals surface area contributed by atoms with Gasteiger partial charge in [-0.1, -0.05) is 39.0 Å². The topological polar surface area (TPSA) is 26.0 Å². The highest BCUT2D eigenvalue weighted by molar-refractivity contribution is 7.17. The van der Waals surface area contributed by atoms with E-state index >= 15 is 0 Å². The van der Waals surface area contributed by atoms with Crippen molar-refractivity contribution in [2.24, 2.45) is 17.1 Å².